The third-order valence-corrected chi connectivity index (χ3v) is 6.68. The lowest BCUT2D eigenvalue weighted by atomic mass is 10.3. The van der Waals surface area contributed by atoms with Gasteiger partial charge in [0.25, 0.3) is 0 Å². The number of ether oxygens (including phenoxy) is 1. The minimum Gasteiger partial charge on any atom is -0.378 e. The minimum atomic E-state index is -0.341. The predicted molar refractivity (Wildman–Crippen MR) is 126 cm³/mol. The number of carbonyl (C=O) groups is 1. The SMILES string of the molecule is O=C(CSc1nnc(N2CCOCC2)n1-c1cccc(F)c1)N1CCN(c2ncccn2)CC1. The molecule has 2 aromatic heterocycles. The molecule has 12 heteroatoms. The average Bonchev–Trinajstić information content (AvgIpc) is 3.32. The molecule has 2 saturated heterocycles. The van der Waals surface area contributed by atoms with Crippen molar-refractivity contribution in [1.29, 1.82) is 0 Å². The van der Waals surface area contributed by atoms with E-state index in [1.165, 1.54) is 23.9 Å². The zero-order valence-corrected chi connectivity index (χ0v) is 19.4. The first-order chi connectivity index (χ1) is 16.7. The summed E-state index contributed by atoms with van der Waals surface area (Å²) in [5.74, 6) is 1.22. The van der Waals surface area contributed by atoms with E-state index in [4.69, 9.17) is 4.74 Å². The summed E-state index contributed by atoms with van der Waals surface area (Å²) in [6.07, 6.45) is 3.44. The molecule has 0 radical (unpaired) electrons. The Morgan fingerprint density at radius 2 is 1.74 bits per heavy atom. The molecule has 34 heavy (non-hydrogen) atoms. The van der Waals surface area contributed by atoms with E-state index in [0.29, 0.717) is 75.2 Å². The van der Waals surface area contributed by atoms with Crippen molar-refractivity contribution in [1.82, 2.24) is 29.6 Å². The number of piperazine rings is 1. The van der Waals surface area contributed by atoms with Crippen molar-refractivity contribution >= 4 is 29.6 Å². The number of amides is 1. The summed E-state index contributed by atoms with van der Waals surface area (Å²) in [6.45, 7) is 5.11. The molecule has 0 bridgehead atoms. The first kappa shape index (κ1) is 22.5. The largest absolute Gasteiger partial charge is 0.378 e. The third-order valence-electron chi connectivity index (χ3n) is 5.77. The fraction of sp³-hybridized carbons (Fsp3) is 0.409. The van der Waals surface area contributed by atoms with Crippen LogP contribution in [0.3, 0.4) is 0 Å². The van der Waals surface area contributed by atoms with Crippen LogP contribution < -0.4 is 9.80 Å². The van der Waals surface area contributed by atoms with Crippen LogP contribution in [-0.2, 0) is 9.53 Å². The Labute approximate surface area is 200 Å². The van der Waals surface area contributed by atoms with Gasteiger partial charge < -0.3 is 19.4 Å². The number of halogens is 1. The first-order valence-electron chi connectivity index (χ1n) is 11.2. The van der Waals surface area contributed by atoms with Crippen molar-refractivity contribution in [2.24, 2.45) is 0 Å². The van der Waals surface area contributed by atoms with E-state index in [2.05, 4.69) is 30.0 Å². The summed E-state index contributed by atoms with van der Waals surface area (Å²) in [5.41, 5.74) is 0.623. The van der Waals surface area contributed by atoms with Crippen LogP contribution in [0, 0.1) is 5.82 Å². The van der Waals surface area contributed by atoms with E-state index < -0.39 is 0 Å². The topological polar surface area (TPSA) is 92.5 Å². The molecular formula is C22H25FN8O2S. The number of hydrogen-bond acceptors (Lipinski definition) is 9. The second-order valence-corrected chi connectivity index (χ2v) is 8.85. The lowest BCUT2D eigenvalue weighted by Gasteiger charge is -2.34. The van der Waals surface area contributed by atoms with Crippen LogP contribution >= 0.6 is 11.8 Å². The highest BCUT2D eigenvalue weighted by atomic mass is 32.2. The van der Waals surface area contributed by atoms with E-state index >= 15 is 0 Å². The van der Waals surface area contributed by atoms with Crippen LogP contribution in [0.15, 0.2) is 47.9 Å². The molecule has 5 rings (SSSR count). The molecule has 0 atom stereocenters. The van der Waals surface area contributed by atoms with Gasteiger partial charge in [0, 0.05) is 51.7 Å². The van der Waals surface area contributed by atoms with Crippen molar-refractivity contribution < 1.29 is 13.9 Å². The van der Waals surface area contributed by atoms with Gasteiger partial charge in [-0.3, -0.25) is 9.36 Å². The second-order valence-electron chi connectivity index (χ2n) is 7.90. The molecule has 0 N–H and O–H groups in total. The Kier molecular flexibility index (Phi) is 6.86. The van der Waals surface area contributed by atoms with Gasteiger partial charge in [-0.15, -0.1) is 10.2 Å². The van der Waals surface area contributed by atoms with Crippen LogP contribution in [0.25, 0.3) is 5.69 Å². The van der Waals surface area contributed by atoms with Gasteiger partial charge >= 0.3 is 0 Å². The maximum absolute atomic E-state index is 14.0. The summed E-state index contributed by atoms with van der Waals surface area (Å²) >= 11 is 1.31. The highest BCUT2D eigenvalue weighted by molar-refractivity contribution is 7.99. The van der Waals surface area contributed by atoms with Crippen LogP contribution in [0.1, 0.15) is 0 Å². The van der Waals surface area contributed by atoms with Crippen LogP contribution in [0.2, 0.25) is 0 Å². The van der Waals surface area contributed by atoms with Gasteiger partial charge in [-0.1, -0.05) is 17.8 Å². The minimum absolute atomic E-state index is 0.0281. The maximum Gasteiger partial charge on any atom is 0.233 e. The molecule has 3 aromatic rings. The summed E-state index contributed by atoms with van der Waals surface area (Å²) in [4.78, 5) is 27.5. The van der Waals surface area contributed by atoms with Crippen LogP contribution in [0.5, 0.6) is 0 Å². The fourth-order valence-corrected chi connectivity index (χ4v) is 4.84. The van der Waals surface area contributed by atoms with Gasteiger partial charge in [-0.2, -0.15) is 0 Å². The molecule has 1 amide bonds. The van der Waals surface area contributed by atoms with Crippen LogP contribution in [-0.4, -0.2) is 93.8 Å². The number of anilines is 2. The zero-order valence-electron chi connectivity index (χ0n) is 18.6. The summed E-state index contributed by atoms with van der Waals surface area (Å²) < 4.78 is 21.3. The monoisotopic (exact) mass is 484 g/mol. The van der Waals surface area contributed by atoms with Gasteiger partial charge in [0.15, 0.2) is 5.16 Å². The highest BCUT2D eigenvalue weighted by Gasteiger charge is 2.25. The molecule has 0 aliphatic carbocycles. The number of carbonyl (C=O) groups excluding carboxylic acids is 1. The smallest absolute Gasteiger partial charge is 0.233 e. The summed E-state index contributed by atoms with van der Waals surface area (Å²) in [5, 5.41) is 9.27. The van der Waals surface area contributed by atoms with Crippen molar-refractivity contribution in [3.8, 4) is 5.69 Å². The van der Waals surface area contributed by atoms with Gasteiger partial charge in [0.1, 0.15) is 5.82 Å². The standard InChI is InChI=1S/C22H25FN8O2S/c23-17-3-1-4-18(15-17)31-21(30-11-13-33-14-12-30)26-27-22(31)34-16-19(32)28-7-9-29(10-8-28)20-24-5-2-6-25-20/h1-6,15H,7-14,16H2. The number of aromatic nitrogens is 5. The average molecular weight is 485 g/mol. The number of nitrogens with zero attached hydrogens (tertiary/aromatic N) is 8. The van der Waals surface area contributed by atoms with Crippen molar-refractivity contribution in [2.75, 3.05) is 68.0 Å². The van der Waals surface area contributed by atoms with E-state index in [1.54, 1.807) is 24.5 Å². The molecule has 2 fully saturated rings. The molecule has 0 spiro atoms. The molecule has 0 saturated carbocycles. The second kappa shape index (κ2) is 10.3. The zero-order chi connectivity index (χ0) is 23.3. The third kappa shape index (κ3) is 4.97. The Bertz CT molecular complexity index is 1120. The Morgan fingerprint density at radius 3 is 2.47 bits per heavy atom. The van der Waals surface area contributed by atoms with Crippen molar-refractivity contribution in [3.05, 3.63) is 48.5 Å². The summed E-state index contributed by atoms with van der Waals surface area (Å²) in [6, 6.07) is 8.10. The highest BCUT2D eigenvalue weighted by Crippen LogP contribution is 2.28. The molecular weight excluding hydrogens is 459 g/mol. The quantitative estimate of drug-likeness (QED) is 0.482. The molecule has 0 unspecified atom stereocenters. The Morgan fingerprint density at radius 1 is 0.971 bits per heavy atom. The van der Waals surface area contributed by atoms with E-state index in [0.717, 1.165) is 0 Å². The Balaban J connectivity index is 1.27. The van der Waals surface area contributed by atoms with Gasteiger partial charge in [-0.05, 0) is 24.3 Å². The molecule has 2 aliphatic rings. The molecule has 4 heterocycles. The predicted octanol–water partition coefficient (Wildman–Crippen LogP) is 1.47. The van der Waals surface area contributed by atoms with E-state index in [-0.39, 0.29) is 17.5 Å². The van der Waals surface area contributed by atoms with Gasteiger partial charge in [-0.25, -0.2) is 14.4 Å². The lowest BCUT2D eigenvalue weighted by Crippen LogP contribution is -2.49. The Hall–Kier alpha value is -3.25. The van der Waals surface area contributed by atoms with E-state index in [9.17, 15) is 9.18 Å². The number of thioether (sulfide) groups is 1. The van der Waals surface area contributed by atoms with E-state index in [1.807, 2.05) is 15.5 Å². The fourth-order valence-electron chi connectivity index (χ4n) is 3.99. The number of hydrogen-bond donors (Lipinski definition) is 0. The van der Waals surface area contributed by atoms with Crippen LogP contribution in [0.4, 0.5) is 16.3 Å². The molecule has 2 aliphatic heterocycles. The first-order valence-corrected chi connectivity index (χ1v) is 12.1. The molecule has 10 nitrogen and oxygen atoms in total. The lowest BCUT2D eigenvalue weighted by molar-refractivity contribution is -0.128. The van der Waals surface area contributed by atoms with Crippen molar-refractivity contribution in [3.63, 3.8) is 0 Å². The van der Waals surface area contributed by atoms with Crippen molar-refractivity contribution in [2.45, 2.75) is 5.16 Å². The molecule has 178 valence electrons. The number of benzene rings is 1. The number of rotatable bonds is 6. The molecule has 1 aromatic carbocycles. The number of morpholine rings is 1. The summed E-state index contributed by atoms with van der Waals surface area (Å²) in [7, 11) is 0. The van der Waals surface area contributed by atoms with Gasteiger partial charge in [0.05, 0.1) is 24.7 Å². The maximum atomic E-state index is 14.0. The normalized spacial score (nSPS) is 16.7. The van der Waals surface area contributed by atoms with Gasteiger partial charge in [0.2, 0.25) is 17.8 Å².